The summed E-state index contributed by atoms with van der Waals surface area (Å²) in [4.78, 5) is 24.8. The van der Waals surface area contributed by atoms with Crippen LogP contribution in [0.1, 0.15) is 77.1 Å². The summed E-state index contributed by atoms with van der Waals surface area (Å²) >= 11 is 0. The van der Waals surface area contributed by atoms with Gasteiger partial charge in [-0.15, -0.1) is 0 Å². The van der Waals surface area contributed by atoms with E-state index >= 15 is 0 Å². The van der Waals surface area contributed by atoms with Gasteiger partial charge in [0.1, 0.15) is 0 Å². The van der Waals surface area contributed by atoms with Crippen LogP contribution in [0, 0.1) is 5.92 Å². The van der Waals surface area contributed by atoms with Crippen molar-refractivity contribution in [3.05, 3.63) is 29.8 Å². The quantitative estimate of drug-likeness (QED) is 0.598. The summed E-state index contributed by atoms with van der Waals surface area (Å²) in [5, 5.41) is 6.30. The van der Waals surface area contributed by atoms with Crippen molar-refractivity contribution in [2.45, 2.75) is 72.3 Å². The molecule has 1 aromatic carbocycles. The first-order valence-corrected chi connectivity index (χ1v) is 9.46. The highest BCUT2D eigenvalue weighted by atomic mass is 16.2. The second-order valence-electron chi connectivity index (χ2n) is 7.69. The Kier molecular flexibility index (Phi) is 8.84. The summed E-state index contributed by atoms with van der Waals surface area (Å²) in [6.07, 6.45) is 4.24. The van der Waals surface area contributed by atoms with Gasteiger partial charge in [0.15, 0.2) is 5.78 Å². The number of benzene rings is 1. The van der Waals surface area contributed by atoms with Crippen LogP contribution in [0.2, 0.25) is 0 Å². The van der Waals surface area contributed by atoms with Gasteiger partial charge in [0.25, 0.3) is 0 Å². The van der Waals surface area contributed by atoms with Gasteiger partial charge in [-0.05, 0) is 45.7 Å². The molecule has 1 aromatic rings. The van der Waals surface area contributed by atoms with Crippen LogP contribution < -0.4 is 10.6 Å². The Balaban J connectivity index is 2.67. The van der Waals surface area contributed by atoms with Gasteiger partial charge in [-0.25, -0.2) is 0 Å². The summed E-state index contributed by atoms with van der Waals surface area (Å²) < 4.78 is 0. The van der Waals surface area contributed by atoms with E-state index in [1.54, 1.807) is 6.07 Å². The van der Waals surface area contributed by atoms with Crippen molar-refractivity contribution < 1.29 is 9.59 Å². The van der Waals surface area contributed by atoms with Crippen molar-refractivity contribution in [3.63, 3.8) is 0 Å². The lowest BCUT2D eigenvalue weighted by Crippen LogP contribution is -2.37. The van der Waals surface area contributed by atoms with E-state index in [0.717, 1.165) is 25.7 Å². The predicted octanol–water partition coefficient (Wildman–Crippen LogP) is 4.80. The molecule has 0 fully saturated rings. The average molecular weight is 347 g/mol. The smallest absolute Gasteiger partial charge is 0.227 e. The van der Waals surface area contributed by atoms with E-state index in [-0.39, 0.29) is 23.1 Å². The summed E-state index contributed by atoms with van der Waals surface area (Å²) in [5.41, 5.74) is 1.36. The monoisotopic (exact) mass is 346 g/mol. The first kappa shape index (κ1) is 21.4. The molecule has 1 amide bonds. The van der Waals surface area contributed by atoms with Crippen molar-refractivity contribution in [2.75, 3.05) is 11.9 Å². The summed E-state index contributed by atoms with van der Waals surface area (Å²) in [7, 11) is 0. The number of nitrogens with one attached hydrogen (secondary N) is 2. The molecule has 0 aliphatic rings. The molecule has 0 heterocycles. The Morgan fingerprint density at radius 2 is 1.72 bits per heavy atom. The van der Waals surface area contributed by atoms with Crippen molar-refractivity contribution >= 4 is 17.4 Å². The van der Waals surface area contributed by atoms with Crippen molar-refractivity contribution in [3.8, 4) is 0 Å². The van der Waals surface area contributed by atoms with Gasteiger partial charge >= 0.3 is 0 Å². The van der Waals surface area contributed by atoms with Crippen LogP contribution in [0.15, 0.2) is 24.3 Å². The highest BCUT2D eigenvalue weighted by Crippen LogP contribution is 2.18. The molecule has 0 spiro atoms. The molecule has 2 N–H and O–H groups in total. The fourth-order valence-corrected chi connectivity index (χ4v) is 2.81. The molecular formula is C21H34N2O2. The minimum absolute atomic E-state index is 0.00364. The molecule has 0 bridgehead atoms. The van der Waals surface area contributed by atoms with Crippen LogP contribution in [0.25, 0.3) is 0 Å². The van der Waals surface area contributed by atoms with Crippen LogP contribution in [0.4, 0.5) is 5.69 Å². The number of amides is 1. The highest BCUT2D eigenvalue weighted by molar-refractivity contribution is 5.98. The Morgan fingerprint density at radius 1 is 1.08 bits per heavy atom. The zero-order valence-electron chi connectivity index (χ0n) is 16.4. The molecule has 0 radical (unpaired) electrons. The zero-order chi connectivity index (χ0) is 18.9. The second-order valence-corrected chi connectivity index (χ2v) is 7.69. The molecule has 0 unspecified atom stereocenters. The molecule has 1 rings (SSSR count). The second kappa shape index (κ2) is 10.3. The van der Waals surface area contributed by atoms with Gasteiger partial charge in [0.2, 0.25) is 5.91 Å². The third-order valence-corrected chi connectivity index (χ3v) is 4.10. The van der Waals surface area contributed by atoms with Crippen LogP contribution >= 0.6 is 0 Å². The molecule has 0 atom stereocenters. The zero-order valence-corrected chi connectivity index (χ0v) is 16.4. The fraction of sp³-hybridized carbons (Fsp3) is 0.619. The lowest BCUT2D eigenvalue weighted by molar-refractivity contribution is -0.120. The summed E-state index contributed by atoms with van der Waals surface area (Å²) in [6, 6.07) is 7.27. The molecule has 140 valence electrons. The maximum atomic E-state index is 12.5. The van der Waals surface area contributed by atoms with E-state index in [0.29, 0.717) is 24.2 Å². The Morgan fingerprint density at radius 3 is 2.28 bits per heavy atom. The van der Waals surface area contributed by atoms with E-state index in [9.17, 15) is 9.59 Å². The lowest BCUT2D eigenvalue weighted by atomic mass is 9.97. The normalized spacial score (nSPS) is 11.6. The van der Waals surface area contributed by atoms with Crippen LogP contribution in [0.3, 0.4) is 0 Å². The van der Waals surface area contributed by atoms with E-state index in [2.05, 4.69) is 45.3 Å². The van der Waals surface area contributed by atoms with Gasteiger partial charge in [-0.3, -0.25) is 9.59 Å². The highest BCUT2D eigenvalue weighted by Gasteiger charge is 2.17. The number of rotatable bonds is 10. The summed E-state index contributed by atoms with van der Waals surface area (Å²) in [5.74, 6) is 0.194. The van der Waals surface area contributed by atoms with Crippen molar-refractivity contribution in [1.82, 2.24) is 5.32 Å². The number of hydrogen-bond donors (Lipinski definition) is 2. The minimum atomic E-state index is 0.00364. The van der Waals surface area contributed by atoms with Gasteiger partial charge in [0, 0.05) is 35.7 Å². The van der Waals surface area contributed by atoms with Gasteiger partial charge < -0.3 is 10.6 Å². The number of anilines is 1. The van der Waals surface area contributed by atoms with Gasteiger partial charge in [-0.1, -0.05) is 38.8 Å². The number of ketones is 1. The number of hydrogen-bond acceptors (Lipinski definition) is 3. The molecule has 4 heteroatoms. The maximum absolute atomic E-state index is 12.5. The number of carbonyl (C=O) groups excluding carboxylic acids is 2. The molecule has 0 aliphatic heterocycles. The van der Waals surface area contributed by atoms with E-state index in [1.165, 1.54) is 0 Å². The largest absolute Gasteiger partial charge is 0.326 e. The molecule has 4 nitrogen and oxygen atoms in total. The Labute approximate surface area is 152 Å². The van der Waals surface area contributed by atoms with E-state index in [4.69, 9.17) is 0 Å². The van der Waals surface area contributed by atoms with Crippen molar-refractivity contribution in [2.24, 2.45) is 5.92 Å². The molecule has 25 heavy (non-hydrogen) atoms. The maximum Gasteiger partial charge on any atom is 0.227 e. The van der Waals surface area contributed by atoms with Crippen LogP contribution in [0.5, 0.6) is 0 Å². The third kappa shape index (κ3) is 8.30. The number of carbonyl (C=O) groups is 2. The van der Waals surface area contributed by atoms with E-state index in [1.807, 2.05) is 18.2 Å². The SMILES string of the molecule is CCCC(CCC)C(=O)Nc1cccc(C(=O)CCNC(C)(C)C)c1. The third-order valence-electron chi connectivity index (χ3n) is 4.10. The predicted molar refractivity (Wildman–Crippen MR) is 105 cm³/mol. The Hall–Kier alpha value is -1.68. The lowest BCUT2D eigenvalue weighted by Gasteiger charge is -2.20. The fourth-order valence-electron chi connectivity index (χ4n) is 2.81. The first-order valence-electron chi connectivity index (χ1n) is 9.46. The molecule has 0 saturated heterocycles. The van der Waals surface area contributed by atoms with Crippen LogP contribution in [-0.2, 0) is 4.79 Å². The first-order chi connectivity index (χ1) is 11.8. The average Bonchev–Trinajstić information content (AvgIpc) is 2.53. The molecule has 0 saturated carbocycles. The topological polar surface area (TPSA) is 58.2 Å². The van der Waals surface area contributed by atoms with Crippen molar-refractivity contribution in [1.29, 1.82) is 0 Å². The van der Waals surface area contributed by atoms with E-state index < -0.39 is 0 Å². The summed E-state index contributed by atoms with van der Waals surface area (Å²) in [6.45, 7) is 11.1. The van der Waals surface area contributed by atoms with Crippen LogP contribution in [-0.4, -0.2) is 23.8 Å². The molecular weight excluding hydrogens is 312 g/mol. The molecule has 0 aliphatic carbocycles. The molecule has 0 aromatic heterocycles. The van der Waals surface area contributed by atoms with Gasteiger partial charge in [0.05, 0.1) is 0 Å². The minimum Gasteiger partial charge on any atom is -0.326 e. The standard InChI is InChI=1S/C21H34N2O2/c1-6-9-16(10-7-2)20(25)23-18-12-8-11-17(15-18)19(24)13-14-22-21(3,4)5/h8,11-12,15-16,22H,6-7,9-10,13-14H2,1-5H3,(H,23,25). The Bertz CT molecular complexity index is 555. The van der Waals surface area contributed by atoms with Gasteiger partial charge in [-0.2, -0.15) is 0 Å². The number of Topliss-reactive ketones (excluding diaryl/α,β-unsaturated/α-hetero) is 1.